The number of benzene rings is 2. The summed E-state index contributed by atoms with van der Waals surface area (Å²) in [4.78, 5) is 24.0. The molecule has 0 saturated heterocycles. The molecule has 0 heterocycles. The summed E-state index contributed by atoms with van der Waals surface area (Å²) in [7, 11) is 0. The summed E-state index contributed by atoms with van der Waals surface area (Å²) in [6.45, 7) is 2.00. The molecular weight excluding hydrogens is 276 g/mol. The van der Waals surface area contributed by atoms with Crippen LogP contribution in [0, 0.1) is 0 Å². The van der Waals surface area contributed by atoms with E-state index in [-0.39, 0.29) is 18.8 Å². The number of carbonyl (C=O) groups excluding carboxylic acids is 2. The standard InChI is InChI=1S/C19H18O3/c1-2-22-19(21)14-18(20)17(16-11-7-4-8-12-16)13-15-9-5-3-6-10-15/h3-13H,2,14H2,1H3/b17-13+. The molecule has 0 aliphatic heterocycles. The average molecular weight is 294 g/mol. The second kappa shape index (κ2) is 7.93. The number of ketones is 1. The van der Waals surface area contributed by atoms with Gasteiger partial charge in [-0.1, -0.05) is 60.7 Å². The van der Waals surface area contributed by atoms with Crippen LogP contribution in [0.3, 0.4) is 0 Å². The lowest BCUT2D eigenvalue weighted by atomic mass is 9.97. The van der Waals surface area contributed by atoms with E-state index < -0.39 is 5.97 Å². The van der Waals surface area contributed by atoms with Gasteiger partial charge in [0, 0.05) is 5.57 Å². The van der Waals surface area contributed by atoms with Crippen LogP contribution in [0.2, 0.25) is 0 Å². The van der Waals surface area contributed by atoms with E-state index in [4.69, 9.17) is 4.74 Å². The van der Waals surface area contributed by atoms with E-state index in [1.165, 1.54) is 0 Å². The van der Waals surface area contributed by atoms with Crippen LogP contribution >= 0.6 is 0 Å². The maximum absolute atomic E-state index is 12.5. The molecule has 3 heteroatoms. The normalized spacial score (nSPS) is 11.0. The number of rotatable bonds is 6. The Labute approximate surface area is 130 Å². The highest BCUT2D eigenvalue weighted by molar-refractivity contribution is 6.28. The van der Waals surface area contributed by atoms with Gasteiger partial charge in [0.2, 0.25) is 0 Å². The molecule has 0 aliphatic carbocycles. The van der Waals surface area contributed by atoms with E-state index in [1.54, 1.807) is 13.0 Å². The predicted octanol–water partition coefficient (Wildman–Crippen LogP) is 3.75. The number of Topliss-reactive ketones (excluding diaryl/α,β-unsaturated/α-hetero) is 1. The van der Waals surface area contributed by atoms with Gasteiger partial charge in [-0.05, 0) is 24.1 Å². The zero-order valence-electron chi connectivity index (χ0n) is 12.5. The first-order valence-corrected chi connectivity index (χ1v) is 7.21. The maximum atomic E-state index is 12.5. The van der Waals surface area contributed by atoms with Crippen LogP contribution in [0.25, 0.3) is 11.6 Å². The molecule has 0 bridgehead atoms. The second-order valence-corrected chi connectivity index (χ2v) is 4.74. The minimum atomic E-state index is -0.498. The summed E-state index contributed by atoms with van der Waals surface area (Å²) in [5.41, 5.74) is 2.22. The Hall–Kier alpha value is -2.68. The lowest BCUT2D eigenvalue weighted by Crippen LogP contribution is -2.12. The van der Waals surface area contributed by atoms with Gasteiger partial charge in [-0.2, -0.15) is 0 Å². The van der Waals surface area contributed by atoms with Crippen LogP contribution in [-0.4, -0.2) is 18.4 Å². The van der Waals surface area contributed by atoms with Crippen LogP contribution in [0.1, 0.15) is 24.5 Å². The van der Waals surface area contributed by atoms with E-state index in [0.717, 1.165) is 11.1 Å². The van der Waals surface area contributed by atoms with Crippen LogP contribution in [0.4, 0.5) is 0 Å². The van der Waals surface area contributed by atoms with E-state index in [1.807, 2.05) is 60.7 Å². The highest BCUT2D eigenvalue weighted by Gasteiger charge is 2.16. The second-order valence-electron chi connectivity index (χ2n) is 4.74. The third kappa shape index (κ3) is 4.42. The zero-order valence-corrected chi connectivity index (χ0v) is 12.5. The zero-order chi connectivity index (χ0) is 15.8. The number of hydrogen-bond acceptors (Lipinski definition) is 3. The van der Waals surface area contributed by atoms with Gasteiger partial charge in [0.25, 0.3) is 0 Å². The van der Waals surface area contributed by atoms with Crippen LogP contribution in [0.5, 0.6) is 0 Å². The first-order valence-electron chi connectivity index (χ1n) is 7.21. The van der Waals surface area contributed by atoms with Crippen molar-refractivity contribution in [1.82, 2.24) is 0 Å². The molecule has 0 unspecified atom stereocenters. The molecule has 0 aliphatic rings. The topological polar surface area (TPSA) is 43.4 Å². The van der Waals surface area contributed by atoms with Crippen molar-refractivity contribution in [2.24, 2.45) is 0 Å². The minimum Gasteiger partial charge on any atom is -0.466 e. The van der Waals surface area contributed by atoms with Crippen LogP contribution < -0.4 is 0 Å². The van der Waals surface area contributed by atoms with Crippen molar-refractivity contribution in [2.75, 3.05) is 6.61 Å². The number of ether oxygens (including phenoxy) is 1. The molecule has 112 valence electrons. The van der Waals surface area contributed by atoms with Gasteiger partial charge in [0.15, 0.2) is 5.78 Å². The monoisotopic (exact) mass is 294 g/mol. The van der Waals surface area contributed by atoms with Gasteiger partial charge in [-0.3, -0.25) is 9.59 Å². The predicted molar refractivity (Wildman–Crippen MR) is 87.0 cm³/mol. The lowest BCUT2D eigenvalue weighted by Gasteiger charge is -2.07. The van der Waals surface area contributed by atoms with Gasteiger partial charge < -0.3 is 4.74 Å². The van der Waals surface area contributed by atoms with E-state index in [9.17, 15) is 9.59 Å². The molecule has 0 atom stereocenters. The van der Waals surface area contributed by atoms with Crippen molar-refractivity contribution in [2.45, 2.75) is 13.3 Å². The van der Waals surface area contributed by atoms with Gasteiger partial charge in [-0.25, -0.2) is 0 Å². The van der Waals surface area contributed by atoms with Crippen molar-refractivity contribution in [1.29, 1.82) is 0 Å². The summed E-state index contributed by atoms with van der Waals surface area (Å²) in [5.74, 6) is -0.740. The summed E-state index contributed by atoms with van der Waals surface area (Å²) in [5, 5.41) is 0. The molecule has 0 amide bonds. The first kappa shape index (κ1) is 15.7. The van der Waals surface area contributed by atoms with Gasteiger partial charge in [0.05, 0.1) is 6.61 Å². The Morgan fingerprint density at radius 2 is 1.55 bits per heavy atom. The molecule has 2 rings (SSSR count). The minimum absolute atomic E-state index is 0.242. The molecular formula is C19H18O3. The van der Waals surface area contributed by atoms with Crippen molar-refractivity contribution in [3.63, 3.8) is 0 Å². The van der Waals surface area contributed by atoms with E-state index >= 15 is 0 Å². The van der Waals surface area contributed by atoms with Crippen molar-refractivity contribution in [3.8, 4) is 0 Å². The van der Waals surface area contributed by atoms with E-state index in [2.05, 4.69) is 0 Å². The largest absolute Gasteiger partial charge is 0.466 e. The fraction of sp³-hybridized carbons (Fsp3) is 0.158. The summed E-state index contributed by atoms with van der Waals surface area (Å²) in [6.07, 6.45) is 1.55. The van der Waals surface area contributed by atoms with E-state index in [0.29, 0.717) is 5.57 Å². The van der Waals surface area contributed by atoms with Crippen molar-refractivity contribution >= 4 is 23.4 Å². The third-order valence-corrected chi connectivity index (χ3v) is 3.11. The smallest absolute Gasteiger partial charge is 0.313 e. The first-order chi connectivity index (χ1) is 10.7. The van der Waals surface area contributed by atoms with Crippen molar-refractivity contribution < 1.29 is 14.3 Å². The average Bonchev–Trinajstić information content (AvgIpc) is 2.54. The summed E-state index contributed by atoms with van der Waals surface area (Å²) < 4.78 is 4.86. The Bertz CT molecular complexity index is 658. The highest BCUT2D eigenvalue weighted by Crippen LogP contribution is 2.20. The van der Waals surface area contributed by atoms with Gasteiger partial charge >= 0.3 is 5.97 Å². The van der Waals surface area contributed by atoms with Gasteiger partial charge in [-0.15, -0.1) is 0 Å². The fourth-order valence-electron chi connectivity index (χ4n) is 2.10. The van der Waals surface area contributed by atoms with Crippen LogP contribution in [-0.2, 0) is 14.3 Å². The molecule has 2 aromatic carbocycles. The molecule has 0 N–H and O–H groups in total. The SMILES string of the molecule is CCOC(=O)CC(=O)/C(=C/c1ccccc1)c1ccccc1. The third-order valence-electron chi connectivity index (χ3n) is 3.11. The molecule has 22 heavy (non-hydrogen) atoms. The molecule has 0 fully saturated rings. The van der Waals surface area contributed by atoms with Crippen LogP contribution in [0.15, 0.2) is 60.7 Å². The quantitative estimate of drug-likeness (QED) is 0.353. The molecule has 0 aromatic heterocycles. The number of carbonyl (C=O) groups is 2. The molecule has 0 spiro atoms. The summed E-state index contributed by atoms with van der Waals surface area (Å²) >= 11 is 0. The maximum Gasteiger partial charge on any atom is 0.313 e. The molecule has 0 saturated carbocycles. The highest BCUT2D eigenvalue weighted by atomic mass is 16.5. The Balaban J connectivity index is 2.32. The number of esters is 1. The summed E-state index contributed by atoms with van der Waals surface area (Å²) in [6, 6.07) is 18.9. The Morgan fingerprint density at radius 1 is 0.955 bits per heavy atom. The number of allylic oxidation sites excluding steroid dienone is 1. The molecule has 2 aromatic rings. The Kier molecular flexibility index (Phi) is 5.66. The Morgan fingerprint density at radius 3 is 2.14 bits per heavy atom. The molecule has 0 radical (unpaired) electrons. The molecule has 3 nitrogen and oxygen atoms in total. The van der Waals surface area contributed by atoms with Crippen molar-refractivity contribution in [3.05, 3.63) is 71.8 Å². The fourth-order valence-corrected chi connectivity index (χ4v) is 2.10. The lowest BCUT2D eigenvalue weighted by molar-refractivity contribution is -0.144. The number of hydrogen-bond donors (Lipinski definition) is 0. The van der Waals surface area contributed by atoms with Gasteiger partial charge in [0.1, 0.15) is 6.42 Å².